The van der Waals surface area contributed by atoms with Crippen LogP contribution in [0.4, 0.5) is 0 Å². The molecule has 1 N–H and O–H groups in total. The second kappa shape index (κ2) is 3.23. The molecule has 14 heavy (non-hydrogen) atoms. The molecule has 0 radical (unpaired) electrons. The van der Waals surface area contributed by atoms with Crippen LogP contribution >= 0.6 is 0 Å². The second-order valence-electron chi connectivity index (χ2n) is 4.91. The highest BCUT2D eigenvalue weighted by Gasteiger charge is 2.42. The normalized spacial score (nSPS) is 33.1. The van der Waals surface area contributed by atoms with Crippen LogP contribution in [0.1, 0.15) is 25.7 Å². The minimum absolute atomic E-state index is 0.398. The average Bonchev–Trinajstić information content (AvgIpc) is 3.05. The van der Waals surface area contributed by atoms with Crippen LogP contribution in [0.15, 0.2) is 0 Å². The summed E-state index contributed by atoms with van der Waals surface area (Å²) in [5.41, 5.74) is 0. The standard InChI is InChI=1S/C11H18N2O/c14-11(9-3-4-9)13-6-5-12-7-10(13)8-1-2-8/h8-10,12H,1-7H2. The van der Waals surface area contributed by atoms with Gasteiger partial charge in [-0.1, -0.05) is 0 Å². The molecule has 1 saturated heterocycles. The van der Waals surface area contributed by atoms with Crippen molar-refractivity contribution in [3.63, 3.8) is 0 Å². The second-order valence-corrected chi connectivity index (χ2v) is 4.91. The van der Waals surface area contributed by atoms with E-state index >= 15 is 0 Å². The van der Waals surface area contributed by atoms with Gasteiger partial charge in [0, 0.05) is 31.6 Å². The van der Waals surface area contributed by atoms with Gasteiger partial charge in [-0.05, 0) is 31.6 Å². The summed E-state index contributed by atoms with van der Waals surface area (Å²) >= 11 is 0. The SMILES string of the molecule is O=C(C1CC1)N1CCNCC1C1CC1. The van der Waals surface area contributed by atoms with E-state index in [1.807, 2.05) is 0 Å². The molecule has 0 aromatic carbocycles. The molecular formula is C11H18N2O. The van der Waals surface area contributed by atoms with E-state index in [0.29, 0.717) is 17.9 Å². The lowest BCUT2D eigenvalue weighted by atomic mass is 10.1. The van der Waals surface area contributed by atoms with Crippen molar-refractivity contribution in [2.45, 2.75) is 31.7 Å². The van der Waals surface area contributed by atoms with Gasteiger partial charge in [0.25, 0.3) is 0 Å². The van der Waals surface area contributed by atoms with Crippen molar-refractivity contribution in [1.29, 1.82) is 0 Å². The van der Waals surface area contributed by atoms with Crippen molar-refractivity contribution in [2.24, 2.45) is 11.8 Å². The maximum absolute atomic E-state index is 12.0. The van der Waals surface area contributed by atoms with Crippen molar-refractivity contribution in [1.82, 2.24) is 10.2 Å². The van der Waals surface area contributed by atoms with E-state index in [1.165, 1.54) is 12.8 Å². The largest absolute Gasteiger partial charge is 0.337 e. The quantitative estimate of drug-likeness (QED) is 0.698. The number of nitrogens with one attached hydrogen (secondary N) is 1. The van der Waals surface area contributed by atoms with Crippen LogP contribution in [0.2, 0.25) is 0 Å². The minimum Gasteiger partial charge on any atom is -0.337 e. The van der Waals surface area contributed by atoms with Gasteiger partial charge in [0.2, 0.25) is 5.91 Å². The number of carbonyl (C=O) groups excluding carboxylic acids is 1. The minimum atomic E-state index is 0.398. The molecule has 1 amide bonds. The third kappa shape index (κ3) is 1.54. The lowest BCUT2D eigenvalue weighted by Gasteiger charge is -2.36. The van der Waals surface area contributed by atoms with E-state index in [2.05, 4.69) is 10.2 Å². The molecule has 2 saturated carbocycles. The van der Waals surface area contributed by atoms with Crippen molar-refractivity contribution in [3.05, 3.63) is 0 Å². The fourth-order valence-corrected chi connectivity index (χ4v) is 2.47. The summed E-state index contributed by atoms with van der Waals surface area (Å²) in [6, 6.07) is 0.525. The fourth-order valence-electron chi connectivity index (χ4n) is 2.47. The molecular weight excluding hydrogens is 176 g/mol. The van der Waals surface area contributed by atoms with Gasteiger partial charge >= 0.3 is 0 Å². The lowest BCUT2D eigenvalue weighted by molar-refractivity contribution is -0.136. The number of rotatable bonds is 2. The number of amides is 1. The van der Waals surface area contributed by atoms with Crippen molar-refractivity contribution in [2.75, 3.05) is 19.6 Å². The first-order valence-corrected chi connectivity index (χ1v) is 5.87. The Morgan fingerprint density at radius 1 is 1.21 bits per heavy atom. The third-order valence-corrected chi connectivity index (χ3v) is 3.66. The average molecular weight is 194 g/mol. The van der Waals surface area contributed by atoms with Gasteiger partial charge in [-0.25, -0.2) is 0 Å². The van der Waals surface area contributed by atoms with Crippen molar-refractivity contribution in [3.8, 4) is 0 Å². The highest BCUT2D eigenvalue weighted by atomic mass is 16.2. The van der Waals surface area contributed by atoms with Crippen molar-refractivity contribution < 1.29 is 4.79 Å². The maximum atomic E-state index is 12.0. The zero-order chi connectivity index (χ0) is 9.54. The molecule has 78 valence electrons. The number of piperazine rings is 1. The molecule has 0 aromatic rings. The first-order valence-electron chi connectivity index (χ1n) is 5.87. The van der Waals surface area contributed by atoms with Crippen LogP contribution in [-0.4, -0.2) is 36.5 Å². The van der Waals surface area contributed by atoms with E-state index in [4.69, 9.17) is 0 Å². The monoisotopic (exact) mass is 194 g/mol. The van der Waals surface area contributed by atoms with Crippen LogP contribution in [0.5, 0.6) is 0 Å². The molecule has 2 aliphatic carbocycles. The Kier molecular flexibility index (Phi) is 2.01. The Labute approximate surface area is 84.8 Å². The number of nitrogens with zero attached hydrogens (tertiary/aromatic N) is 1. The predicted octanol–water partition coefficient (Wildman–Crippen LogP) is 0.607. The Hall–Kier alpha value is -0.570. The topological polar surface area (TPSA) is 32.3 Å². The molecule has 3 fully saturated rings. The smallest absolute Gasteiger partial charge is 0.226 e. The van der Waals surface area contributed by atoms with E-state index in [0.717, 1.165) is 38.4 Å². The molecule has 0 bridgehead atoms. The number of carbonyl (C=O) groups is 1. The molecule has 0 aromatic heterocycles. The van der Waals surface area contributed by atoms with Gasteiger partial charge in [-0.2, -0.15) is 0 Å². The van der Waals surface area contributed by atoms with E-state index < -0.39 is 0 Å². The zero-order valence-corrected chi connectivity index (χ0v) is 8.54. The molecule has 0 spiro atoms. The highest BCUT2D eigenvalue weighted by Crippen LogP contribution is 2.38. The van der Waals surface area contributed by atoms with Crippen LogP contribution < -0.4 is 5.32 Å². The Morgan fingerprint density at radius 3 is 2.64 bits per heavy atom. The zero-order valence-electron chi connectivity index (χ0n) is 8.54. The van der Waals surface area contributed by atoms with Gasteiger partial charge < -0.3 is 10.2 Å². The molecule has 1 atom stereocenters. The first kappa shape index (κ1) is 8.72. The molecule has 1 heterocycles. The third-order valence-electron chi connectivity index (χ3n) is 3.66. The molecule has 1 unspecified atom stereocenters. The molecule has 3 aliphatic rings. The van der Waals surface area contributed by atoms with Crippen molar-refractivity contribution >= 4 is 5.91 Å². The summed E-state index contributed by atoms with van der Waals surface area (Å²) in [4.78, 5) is 14.2. The molecule has 1 aliphatic heterocycles. The van der Waals surface area contributed by atoms with Crippen LogP contribution in [0.3, 0.4) is 0 Å². The summed E-state index contributed by atoms with van der Waals surface area (Å²) < 4.78 is 0. The Bertz CT molecular complexity index is 246. The fraction of sp³-hybridized carbons (Fsp3) is 0.909. The maximum Gasteiger partial charge on any atom is 0.226 e. The summed E-state index contributed by atoms with van der Waals surface area (Å²) in [5, 5.41) is 3.41. The van der Waals surface area contributed by atoms with Crippen LogP contribution in [0.25, 0.3) is 0 Å². The highest BCUT2D eigenvalue weighted by molar-refractivity contribution is 5.81. The summed E-state index contributed by atoms with van der Waals surface area (Å²) in [5.74, 6) is 1.66. The molecule has 3 nitrogen and oxygen atoms in total. The van der Waals surface area contributed by atoms with Crippen LogP contribution in [0, 0.1) is 11.8 Å². The number of hydrogen-bond acceptors (Lipinski definition) is 2. The van der Waals surface area contributed by atoms with Gasteiger partial charge in [-0.3, -0.25) is 4.79 Å². The van der Waals surface area contributed by atoms with E-state index in [-0.39, 0.29) is 0 Å². The van der Waals surface area contributed by atoms with Gasteiger partial charge in [-0.15, -0.1) is 0 Å². The Morgan fingerprint density at radius 2 is 2.00 bits per heavy atom. The van der Waals surface area contributed by atoms with Crippen LogP contribution in [-0.2, 0) is 4.79 Å². The number of hydrogen-bond donors (Lipinski definition) is 1. The lowest BCUT2D eigenvalue weighted by Crippen LogP contribution is -2.55. The van der Waals surface area contributed by atoms with Gasteiger partial charge in [0.15, 0.2) is 0 Å². The van der Waals surface area contributed by atoms with E-state index in [9.17, 15) is 4.79 Å². The predicted molar refractivity (Wildman–Crippen MR) is 53.8 cm³/mol. The van der Waals surface area contributed by atoms with Gasteiger partial charge in [0.1, 0.15) is 0 Å². The van der Waals surface area contributed by atoms with Gasteiger partial charge in [0.05, 0.1) is 0 Å². The van der Waals surface area contributed by atoms with E-state index in [1.54, 1.807) is 0 Å². The summed E-state index contributed by atoms with van der Waals surface area (Å²) in [6.45, 7) is 2.96. The summed E-state index contributed by atoms with van der Waals surface area (Å²) in [7, 11) is 0. The Balaban J connectivity index is 1.69. The molecule has 3 heteroatoms. The summed E-state index contributed by atoms with van der Waals surface area (Å²) in [6.07, 6.45) is 4.95. The first-order chi connectivity index (χ1) is 6.86. The molecule has 3 rings (SSSR count).